The van der Waals surface area contributed by atoms with Crippen LogP contribution in [0.15, 0.2) is 48.5 Å². The molecule has 0 saturated carbocycles. The van der Waals surface area contributed by atoms with Gasteiger partial charge in [0.2, 0.25) is 0 Å². The fourth-order valence-electron chi connectivity index (χ4n) is 2.24. The van der Waals surface area contributed by atoms with E-state index < -0.39 is 11.9 Å². The Morgan fingerprint density at radius 2 is 1.80 bits per heavy atom. The Balaban J connectivity index is 1.85. The van der Waals surface area contributed by atoms with Crippen LogP contribution >= 0.6 is 0 Å². The van der Waals surface area contributed by atoms with Crippen LogP contribution in [0.25, 0.3) is 0 Å². The van der Waals surface area contributed by atoms with Crippen LogP contribution in [0.2, 0.25) is 0 Å². The van der Waals surface area contributed by atoms with Crippen LogP contribution in [0.4, 0.5) is 5.69 Å². The second-order valence-corrected chi connectivity index (χ2v) is 5.47. The van der Waals surface area contributed by atoms with E-state index >= 15 is 0 Å². The van der Waals surface area contributed by atoms with Crippen LogP contribution < -0.4 is 10.6 Å². The van der Waals surface area contributed by atoms with E-state index in [0.717, 1.165) is 11.1 Å². The first-order chi connectivity index (χ1) is 12.0. The van der Waals surface area contributed by atoms with E-state index in [9.17, 15) is 14.4 Å². The zero-order chi connectivity index (χ0) is 18.2. The Labute approximate surface area is 146 Å². The second-order valence-electron chi connectivity index (χ2n) is 5.47. The highest BCUT2D eigenvalue weighted by Crippen LogP contribution is 2.11. The number of ether oxygens (including phenoxy) is 1. The molecular formula is C19H20N2O4. The quantitative estimate of drug-likeness (QED) is 0.789. The third-order valence-corrected chi connectivity index (χ3v) is 3.60. The van der Waals surface area contributed by atoms with Crippen molar-refractivity contribution in [1.29, 1.82) is 0 Å². The number of benzene rings is 2. The lowest BCUT2D eigenvalue weighted by molar-refractivity contribution is -0.146. The van der Waals surface area contributed by atoms with Crippen molar-refractivity contribution >= 4 is 23.5 Å². The lowest BCUT2D eigenvalue weighted by atomic mass is 10.1. The van der Waals surface area contributed by atoms with Crippen LogP contribution in [-0.4, -0.2) is 31.4 Å². The minimum atomic E-state index is -0.469. The lowest BCUT2D eigenvalue weighted by Crippen LogP contribution is -2.22. The zero-order valence-electron chi connectivity index (χ0n) is 14.2. The van der Waals surface area contributed by atoms with Crippen LogP contribution in [-0.2, 0) is 20.7 Å². The second kappa shape index (κ2) is 8.63. The van der Waals surface area contributed by atoms with Crippen molar-refractivity contribution in [3.8, 4) is 0 Å². The average Bonchev–Trinajstić information content (AvgIpc) is 2.61. The maximum absolute atomic E-state index is 11.9. The standard InChI is InChI=1S/C19H20N2O4/c1-13-6-3-4-7-14(13)11-18(23)25-12-17(22)21-16-9-5-8-15(10-16)19(24)20-2/h3-10H,11-12H2,1-2H3,(H,20,24)(H,21,22). The highest BCUT2D eigenvalue weighted by molar-refractivity contribution is 5.97. The fourth-order valence-corrected chi connectivity index (χ4v) is 2.24. The third kappa shape index (κ3) is 5.46. The number of hydrogen-bond donors (Lipinski definition) is 2. The third-order valence-electron chi connectivity index (χ3n) is 3.60. The summed E-state index contributed by atoms with van der Waals surface area (Å²) in [6, 6.07) is 14.0. The monoisotopic (exact) mass is 340 g/mol. The molecule has 0 heterocycles. The van der Waals surface area contributed by atoms with E-state index in [2.05, 4.69) is 10.6 Å². The molecule has 0 bridgehead atoms. The summed E-state index contributed by atoms with van der Waals surface area (Å²) in [7, 11) is 1.53. The molecule has 0 fully saturated rings. The number of hydrogen-bond acceptors (Lipinski definition) is 4. The summed E-state index contributed by atoms with van der Waals surface area (Å²) < 4.78 is 5.00. The Kier molecular flexibility index (Phi) is 6.28. The maximum atomic E-state index is 11.9. The molecule has 25 heavy (non-hydrogen) atoms. The summed E-state index contributed by atoms with van der Waals surface area (Å²) in [5.74, 6) is -1.18. The number of esters is 1. The first-order valence-electron chi connectivity index (χ1n) is 7.81. The van der Waals surface area contributed by atoms with Crippen molar-refractivity contribution < 1.29 is 19.1 Å². The summed E-state index contributed by atoms with van der Waals surface area (Å²) in [6.45, 7) is 1.53. The topological polar surface area (TPSA) is 84.5 Å². The van der Waals surface area contributed by atoms with Crippen LogP contribution in [0.5, 0.6) is 0 Å². The number of anilines is 1. The molecule has 0 aliphatic carbocycles. The van der Waals surface area contributed by atoms with Gasteiger partial charge in [0.15, 0.2) is 6.61 Å². The van der Waals surface area contributed by atoms with Crippen molar-refractivity contribution in [1.82, 2.24) is 5.32 Å². The van der Waals surface area contributed by atoms with Gasteiger partial charge < -0.3 is 15.4 Å². The van der Waals surface area contributed by atoms with Gasteiger partial charge in [-0.15, -0.1) is 0 Å². The molecule has 2 aromatic rings. The number of rotatable bonds is 6. The van der Waals surface area contributed by atoms with E-state index in [1.807, 2.05) is 31.2 Å². The molecule has 0 aliphatic rings. The number of amides is 2. The van der Waals surface area contributed by atoms with Gasteiger partial charge in [-0.25, -0.2) is 0 Å². The Hall–Kier alpha value is -3.15. The molecule has 0 aliphatic heterocycles. The van der Waals surface area contributed by atoms with Crippen molar-refractivity contribution in [2.24, 2.45) is 0 Å². The van der Waals surface area contributed by atoms with E-state index in [1.54, 1.807) is 24.3 Å². The van der Waals surface area contributed by atoms with Crippen molar-refractivity contribution in [2.45, 2.75) is 13.3 Å². The van der Waals surface area contributed by atoms with Crippen molar-refractivity contribution in [3.05, 3.63) is 65.2 Å². The smallest absolute Gasteiger partial charge is 0.310 e. The summed E-state index contributed by atoms with van der Waals surface area (Å²) in [5, 5.41) is 5.10. The zero-order valence-corrected chi connectivity index (χ0v) is 14.2. The first kappa shape index (κ1) is 18.2. The first-order valence-corrected chi connectivity index (χ1v) is 7.81. The lowest BCUT2D eigenvalue weighted by Gasteiger charge is -2.09. The molecule has 2 aromatic carbocycles. The molecule has 2 N–H and O–H groups in total. The van der Waals surface area contributed by atoms with Crippen LogP contribution in [0, 0.1) is 6.92 Å². The van der Waals surface area contributed by atoms with Gasteiger partial charge in [0.25, 0.3) is 11.8 Å². The molecule has 0 atom stereocenters. The Bertz CT molecular complexity index is 786. The van der Waals surface area contributed by atoms with E-state index in [4.69, 9.17) is 4.74 Å². The van der Waals surface area contributed by atoms with E-state index in [0.29, 0.717) is 11.3 Å². The number of carbonyl (C=O) groups excluding carboxylic acids is 3. The van der Waals surface area contributed by atoms with Gasteiger partial charge in [-0.2, -0.15) is 0 Å². The highest BCUT2D eigenvalue weighted by atomic mass is 16.5. The summed E-state index contributed by atoms with van der Waals surface area (Å²) in [6.07, 6.45) is 0.117. The normalized spacial score (nSPS) is 10.0. The molecule has 0 saturated heterocycles. The number of carbonyl (C=O) groups is 3. The van der Waals surface area contributed by atoms with Gasteiger partial charge in [0.1, 0.15) is 0 Å². The molecule has 6 heteroatoms. The van der Waals surface area contributed by atoms with Gasteiger partial charge >= 0.3 is 5.97 Å². The van der Waals surface area contributed by atoms with Crippen LogP contribution in [0.3, 0.4) is 0 Å². The molecule has 6 nitrogen and oxygen atoms in total. The number of nitrogens with one attached hydrogen (secondary N) is 2. The maximum Gasteiger partial charge on any atom is 0.310 e. The molecule has 2 amide bonds. The molecule has 2 rings (SSSR count). The minimum absolute atomic E-state index is 0.117. The van der Waals surface area contributed by atoms with Crippen molar-refractivity contribution in [2.75, 3.05) is 19.0 Å². The SMILES string of the molecule is CNC(=O)c1cccc(NC(=O)COC(=O)Cc2ccccc2C)c1. The largest absolute Gasteiger partial charge is 0.455 e. The van der Waals surface area contributed by atoms with Gasteiger partial charge in [-0.1, -0.05) is 30.3 Å². The predicted molar refractivity (Wildman–Crippen MR) is 94.3 cm³/mol. The average molecular weight is 340 g/mol. The number of aryl methyl sites for hydroxylation is 1. The molecular weight excluding hydrogens is 320 g/mol. The van der Waals surface area contributed by atoms with Crippen LogP contribution in [0.1, 0.15) is 21.5 Å². The molecule has 0 spiro atoms. The Morgan fingerprint density at radius 1 is 1.04 bits per heavy atom. The fraction of sp³-hybridized carbons (Fsp3) is 0.211. The molecule has 130 valence electrons. The highest BCUT2D eigenvalue weighted by Gasteiger charge is 2.11. The summed E-state index contributed by atoms with van der Waals surface area (Å²) >= 11 is 0. The predicted octanol–water partition coefficient (Wildman–Crippen LogP) is 2.08. The Morgan fingerprint density at radius 3 is 2.52 bits per heavy atom. The van der Waals surface area contributed by atoms with Crippen molar-refractivity contribution in [3.63, 3.8) is 0 Å². The molecule has 0 unspecified atom stereocenters. The summed E-state index contributed by atoms with van der Waals surface area (Å²) in [4.78, 5) is 35.3. The van der Waals surface area contributed by atoms with Gasteiger partial charge in [0.05, 0.1) is 6.42 Å². The molecule has 0 radical (unpaired) electrons. The minimum Gasteiger partial charge on any atom is -0.455 e. The van der Waals surface area contributed by atoms with Gasteiger partial charge in [-0.3, -0.25) is 14.4 Å². The summed E-state index contributed by atoms with van der Waals surface area (Å²) in [5.41, 5.74) is 2.75. The van der Waals surface area contributed by atoms with E-state index in [1.165, 1.54) is 7.05 Å². The van der Waals surface area contributed by atoms with Gasteiger partial charge in [-0.05, 0) is 36.2 Å². The molecule has 0 aromatic heterocycles. The van der Waals surface area contributed by atoms with E-state index in [-0.39, 0.29) is 18.9 Å². The van der Waals surface area contributed by atoms with Gasteiger partial charge in [0, 0.05) is 18.3 Å².